The van der Waals surface area contributed by atoms with Crippen LogP contribution in [0.3, 0.4) is 0 Å². The van der Waals surface area contributed by atoms with Gasteiger partial charge in [0.15, 0.2) is 0 Å². The normalized spacial score (nSPS) is 39.1. The minimum atomic E-state index is -1.29. The number of carboxylic acid groups (broad SMARTS) is 1. The van der Waals surface area contributed by atoms with Crippen molar-refractivity contribution in [3.8, 4) is 0 Å². The lowest BCUT2D eigenvalue weighted by Gasteiger charge is -2.61. The number of Topliss-reactive ketones (excluding diaryl/α,β-unsaturated/α-hetero) is 1. The van der Waals surface area contributed by atoms with E-state index in [0.29, 0.717) is 29.5 Å². The predicted molar refractivity (Wildman–Crippen MR) is 141 cm³/mol. The van der Waals surface area contributed by atoms with Crippen molar-refractivity contribution in [2.24, 2.45) is 40.4 Å². The summed E-state index contributed by atoms with van der Waals surface area (Å²) in [6, 6.07) is -1.29. The van der Waals surface area contributed by atoms with Crippen LogP contribution in [0.5, 0.6) is 0 Å². The Labute approximate surface area is 227 Å². The molecule has 0 aromatic rings. The van der Waals surface area contributed by atoms with Crippen LogP contribution < -0.4 is 5.32 Å². The summed E-state index contributed by atoms with van der Waals surface area (Å²) in [6.45, 7) is 11.7. The second-order valence-electron chi connectivity index (χ2n) is 14.1. The molecule has 0 heterocycles. The van der Waals surface area contributed by atoms with E-state index < -0.39 is 36.1 Å². The van der Waals surface area contributed by atoms with Gasteiger partial charge in [0.2, 0.25) is 0 Å². The van der Waals surface area contributed by atoms with Crippen molar-refractivity contribution in [1.29, 1.82) is 0 Å². The Hall–Kier alpha value is -2.12. The number of ketones is 1. The highest BCUT2D eigenvalue weighted by Gasteiger charge is 2.61. The summed E-state index contributed by atoms with van der Waals surface area (Å²) in [5, 5.41) is 11.7. The minimum absolute atomic E-state index is 0.142. The highest BCUT2D eigenvalue weighted by molar-refractivity contribution is 5.86. The van der Waals surface area contributed by atoms with Crippen LogP contribution in [0.25, 0.3) is 0 Å². The van der Waals surface area contributed by atoms with Crippen molar-refractivity contribution in [2.75, 3.05) is 0 Å². The molecule has 4 fully saturated rings. The number of esters is 1. The SMILES string of the molecule is CC(=O)C1CCC2C3CC[C@@H]4C[C@H](OC(=O)[C@@H](CC(=O)O)NC(=O)OC(C)(C)C)CC[C@]4(C)C3CC[C@]12C. The van der Waals surface area contributed by atoms with Gasteiger partial charge in [-0.15, -0.1) is 0 Å². The van der Waals surface area contributed by atoms with E-state index in [9.17, 15) is 24.3 Å². The van der Waals surface area contributed by atoms with Gasteiger partial charge in [0.25, 0.3) is 0 Å². The zero-order chi connectivity index (χ0) is 28.0. The topological polar surface area (TPSA) is 119 Å². The second-order valence-corrected chi connectivity index (χ2v) is 14.1. The van der Waals surface area contributed by atoms with Crippen molar-refractivity contribution < 1.29 is 33.8 Å². The van der Waals surface area contributed by atoms with Crippen molar-refractivity contribution >= 4 is 23.8 Å². The molecule has 4 rings (SSSR count). The Morgan fingerprint density at radius 3 is 2.24 bits per heavy atom. The minimum Gasteiger partial charge on any atom is -0.481 e. The van der Waals surface area contributed by atoms with E-state index in [4.69, 9.17) is 9.47 Å². The number of hydrogen-bond acceptors (Lipinski definition) is 6. The van der Waals surface area contributed by atoms with Crippen molar-refractivity contribution in [1.82, 2.24) is 5.32 Å². The summed E-state index contributed by atoms with van der Waals surface area (Å²) >= 11 is 0. The summed E-state index contributed by atoms with van der Waals surface area (Å²) in [6.07, 6.45) is 7.56. The smallest absolute Gasteiger partial charge is 0.408 e. The molecular formula is C30H47NO7. The number of amides is 1. The quantitative estimate of drug-likeness (QED) is 0.432. The number of rotatable bonds is 6. The van der Waals surface area contributed by atoms with Crippen LogP contribution in [0.15, 0.2) is 0 Å². The molecule has 0 aromatic heterocycles. The lowest BCUT2D eigenvalue weighted by Crippen LogP contribution is -2.54. The van der Waals surface area contributed by atoms with Crippen LogP contribution in [-0.2, 0) is 23.9 Å². The molecular weight excluding hydrogens is 486 g/mol. The highest BCUT2D eigenvalue weighted by atomic mass is 16.6. The summed E-state index contributed by atoms with van der Waals surface area (Å²) in [5.74, 6) is 1.03. The summed E-state index contributed by atoms with van der Waals surface area (Å²) in [7, 11) is 0. The van der Waals surface area contributed by atoms with Crippen LogP contribution in [-0.4, -0.2) is 46.7 Å². The third-order valence-corrected chi connectivity index (χ3v) is 10.7. The molecule has 4 unspecified atom stereocenters. The molecule has 214 valence electrons. The Morgan fingerprint density at radius 2 is 1.61 bits per heavy atom. The maximum atomic E-state index is 13.0. The molecule has 2 N–H and O–H groups in total. The first kappa shape index (κ1) is 28.9. The van der Waals surface area contributed by atoms with Gasteiger partial charge in [0, 0.05) is 5.92 Å². The lowest BCUT2D eigenvalue weighted by molar-refractivity contribution is -0.166. The molecule has 0 saturated heterocycles. The molecule has 8 nitrogen and oxygen atoms in total. The molecule has 0 radical (unpaired) electrons. The maximum Gasteiger partial charge on any atom is 0.408 e. The lowest BCUT2D eigenvalue weighted by atomic mass is 9.44. The zero-order valence-corrected chi connectivity index (χ0v) is 24.0. The van der Waals surface area contributed by atoms with Gasteiger partial charge < -0.3 is 19.9 Å². The number of fused-ring (bicyclic) bond motifs is 5. The fourth-order valence-corrected chi connectivity index (χ4v) is 9.06. The number of carboxylic acids is 1. The van der Waals surface area contributed by atoms with Crippen LogP contribution >= 0.6 is 0 Å². The molecule has 0 spiro atoms. The van der Waals surface area contributed by atoms with Crippen LogP contribution in [0.4, 0.5) is 4.79 Å². The third-order valence-electron chi connectivity index (χ3n) is 10.7. The van der Waals surface area contributed by atoms with Gasteiger partial charge >= 0.3 is 18.0 Å². The van der Waals surface area contributed by atoms with Crippen molar-refractivity contribution in [3.63, 3.8) is 0 Å². The number of hydrogen-bond donors (Lipinski definition) is 2. The van der Waals surface area contributed by atoms with E-state index in [0.717, 1.165) is 44.9 Å². The Bertz CT molecular complexity index is 957. The highest BCUT2D eigenvalue weighted by Crippen LogP contribution is 2.67. The van der Waals surface area contributed by atoms with Gasteiger partial charge in [0.05, 0.1) is 6.42 Å². The molecule has 9 atom stereocenters. The maximum absolute atomic E-state index is 13.0. The fourth-order valence-electron chi connectivity index (χ4n) is 9.06. The second kappa shape index (κ2) is 10.5. The Morgan fingerprint density at radius 1 is 0.947 bits per heavy atom. The van der Waals surface area contributed by atoms with E-state index in [-0.39, 0.29) is 22.9 Å². The molecule has 0 aromatic carbocycles. The molecule has 0 aliphatic heterocycles. The molecule has 4 aliphatic carbocycles. The fraction of sp³-hybridized carbons (Fsp3) is 0.867. The predicted octanol–water partition coefficient (Wildman–Crippen LogP) is 5.51. The number of aliphatic carboxylic acids is 1. The van der Waals surface area contributed by atoms with E-state index in [1.165, 1.54) is 12.8 Å². The van der Waals surface area contributed by atoms with Gasteiger partial charge in [-0.2, -0.15) is 0 Å². The van der Waals surface area contributed by atoms with Crippen LogP contribution in [0.1, 0.15) is 106 Å². The standard InChI is InChI=1S/C30H47NO7/c1-17(32)21-9-10-22-20-8-7-18-15-19(11-13-29(18,5)23(20)12-14-30(21,22)6)37-26(35)24(16-25(33)34)31-27(36)38-28(2,3)4/h18-24H,7-16H2,1-6H3,(H,31,36)(H,33,34)/t18-,19-,20?,21?,22?,23?,24-,29+,30-/m1/s1. The van der Waals surface area contributed by atoms with E-state index in [2.05, 4.69) is 19.2 Å². The molecule has 8 heteroatoms. The number of nitrogens with one attached hydrogen (secondary N) is 1. The van der Waals surface area contributed by atoms with Gasteiger partial charge in [-0.3, -0.25) is 9.59 Å². The summed E-state index contributed by atoms with van der Waals surface area (Å²) < 4.78 is 11.0. The Kier molecular flexibility index (Phi) is 7.95. The molecule has 4 aliphatic rings. The van der Waals surface area contributed by atoms with E-state index >= 15 is 0 Å². The summed E-state index contributed by atoms with van der Waals surface area (Å²) in [4.78, 5) is 49.0. The first-order chi connectivity index (χ1) is 17.6. The first-order valence-electron chi connectivity index (χ1n) is 14.6. The number of alkyl carbamates (subject to hydrolysis) is 1. The molecule has 1 amide bonds. The summed E-state index contributed by atoms with van der Waals surface area (Å²) in [5.41, 5.74) is -0.434. The average Bonchev–Trinajstić information content (AvgIpc) is 3.15. The van der Waals surface area contributed by atoms with Crippen LogP contribution in [0.2, 0.25) is 0 Å². The number of carbonyl (C=O) groups is 4. The van der Waals surface area contributed by atoms with Crippen LogP contribution in [0, 0.1) is 40.4 Å². The molecule has 0 bridgehead atoms. The monoisotopic (exact) mass is 533 g/mol. The van der Waals surface area contributed by atoms with Gasteiger partial charge in [-0.05, 0) is 120 Å². The van der Waals surface area contributed by atoms with E-state index in [1.807, 2.05) is 0 Å². The van der Waals surface area contributed by atoms with E-state index in [1.54, 1.807) is 27.7 Å². The molecule has 38 heavy (non-hydrogen) atoms. The average molecular weight is 534 g/mol. The van der Waals surface area contributed by atoms with Gasteiger partial charge in [-0.25, -0.2) is 9.59 Å². The van der Waals surface area contributed by atoms with Crippen molar-refractivity contribution in [2.45, 2.75) is 123 Å². The third kappa shape index (κ3) is 5.60. The zero-order valence-electron chi connectivity index (χ0n) is 24.0. The largest absolute Gasteiger partial charge is 0.481 e. The Balaban J connectivity index is 1.39. The number of carbonyl (C=O) groups excluding carboxylic acids is 3. The first-order valence-corrected chi connectivity index (χ1v) is 14.6. The van der Waals surface area contributed by atoms with Gasteiger partial charge in [-0.1, -0.05) is 13.8 Å². The van der Waals surface area contributed by atoms with Crippen molar-refractivity contribution in [3.05, 3.63) is 0 Å². The molecule has 4 saturated carbocycles. The number of ether oxygens (including phenoxy) is 2. The van der Waals surface area contributed by atoms with Gasteiger partial charge in [0.1, 0.15) is 23.5 Å².